The Kier molecular flexibility index (Phi) is 5.76. The van der Waals surface area contributed by atoms with Gasteiger partial charge in [-0.2, -0.15) is 0 Å². The summed E-state index contributed by atoms with van der Waals surface area (Å²) in [5.41, 5.74) is 1.53. The van der Waals surface area contributed by atoms with Crippen molar-refractivity contribution in [2.45, 2.75) is 26.0 Å². The molecule has 1 rings (SSSR count). The maximum absolute atomic E-state index is 12.3. The molecule has 0 bridgehead atoms. The molecule has 6 heteroatoms. The third-order valence-corrected chi connectivity index (χ3v) is 3.48. The number of aliphatic carboxylic acids is 1. The molecule has 0 saturated heterocycles. The molecule has 0 radical (unpaired) electrons. The predicted octanol–water partition coefficient (Wildman–Crippen LogP) is 2.08. The van der Waals surface area contributed by atoms with Crippen LogP contribution in [0.5, 0.6) is 0 Å². The maximum atomic E-state index is 12.3. The zero-order valence-electron chi connectivity index (χ0n) is 11.6. The van der Waals surface area contributed by atoms with Crippen molar-refractivity contribution in [2.24, 2.45) is 0 Å². The maximum Gasteiger partial charge on any atom is 0.323 e. The van der Waals surface area contributed by atoms with Crippen molar-refractivity contribution in [1.82, 2.24) is 0 Å². The minimum Gasteiger partial charge on any atom is -0.480 e. The highest BCUT2D eigenvalue weighted by Crippen LogP contribution is 2.20. The third-order valence-electron chi connectivity index (χ3n) is 2.60. The van der Waals surface area contributed by atoms with Gasteiger partial charge >= 0.3 is 5.97 Å². The number of nitrogens with zero attached hydrogens (tertiary/aromatic N) is 1. The molecule has 108 valence electrons. The number of carbonyl (C=O) groups is 3. The predicted molar refractivity (Wildman–Crippen MR) is 78.9 cm³/mol. The van der Waals surface area contributed by atoms with Crippen molar-refractivity contribution in [2.75, 3.05) is 11.4 Å². The van der Waals surface area contributed by atoms with Gasteiger partial charge in [0.1, 0.15) is 6.54 Å². The van der Waals surface area contributed by atoms with Crippen LogP contribution in [0.1, 0.15) is 19.4 Å². The van der Waals surface area contributed by atoms with Crippen LogP contribution in [0.2, 0.25) is 0 Å². The van der Waals surface area contributed by atoms with Gasteiger partial charge < -0.3 is 10.0 Å². The monoisotopic (exact) mass is 295 g/mol. The van der Waals surface area contributed by atoms with E-state index in [2.05, 4.69) is 0 Å². The first-order valence-corrected chi connectivity index (χ1v) is 6.96. The Balaban J connectivity index is 2.99. The van der Waals surface area contributed by atoms with Crippen molar-refractivity contribution < 1.29 is 19.5 Å². The number of hydrogen-bond acceptors (Lipinski definition) is 4. The number of hydrogen-bond donors (Lipinski definition) is 1. The summed E-state index contributed by atoms with van der Waals surface area (Å²) in [6.07, 6.45) is 0. The van der Waals surface area contributed by atoms with E-state index in [1.165, 1.54) is 11.8 Å². The van der Waals surface area contributed by atoms with Crippen LogP contribution in [0.3, 0.4) is 0 Å². The highest BCUT2D eigenvalue weighted by Gasteiger charge is 2.25. The second-order valence-corrected chi connectivity index (χ2v) is 5.92. The van der Waals surface area contributed by atoms with Gasteiger partial charge in [0, 0.05) is 12.6 Å². The van der Waals surface area contributed by atoms with E-state index in [1.54, 1.807) is 31.2 Å². The molecular weight excluding hydrogens is 278 g/mol. The number of carboxylic acid groups (broad SMARTS) is 1. The van der Waals surface area contributed by atoms with Crippen molar-refractivity contribution in [3.05, 3.63) is 29.8 Å². The van der Waals surface area contributed by atoms with E-state index in [1.807, 2.05) is 6.92 Å². The molecule has 1 aromatic rings. The molecule has 0 saturated carbocycles. The van der Waals surface area contributed by atoms with Crippen molar-refractivity contribution in [1.29, 1.82) is 0 Å². The quantitative estimate of drug-likeness (QED) is 0.900. The largest absolute Gasteiger partial charge is 0.480 e. The number of carboxylic acids is 1. The van der Waals surface area contributed by atoms with Gasteiger partial charge in [-0.25, -0.2) is 0 Å². The first-order valence-electron chi connectivity index (χ1n) is 6.08. The van der Waals surface area contributed by atoms with E-state index in [4.69, 9.17) is 5.11 Å². The van der Waals surface area contributed by atoms with Gasteiger partial charge in [0.25, 0.3) is 0 Å². The number of benzene rings is 1. The summed E-state index contributed by atoms with van der Waals surface area (Å²) in [4.78, 5) is 35.5. The molecule has 0 heterocycles. The normalized spacial score (nSPS) is 11.8. The zero-order valence-corrected chi connectivity index (χ0v) is 12.4. The van der Waals surface area contributed by atoms with Crippen LogP contribution in [0.15, 0.2) is 24.3 Å². The molecule has 1 N–H and O–H groups in total. The summed E-state index contributed by atoms with van der Waals surface area (Å²) in [5.74, 6) is -1.49. The molecule has 1 amide bonds. The molecule has 0 aliphatic heterocycles. The molecule has 0 aliphatic carbocycles. The van der Waals surface area contributed by atoms with Crippen LogP contribution < -0.4 is 4.90 Å². The molecule has 0 aliphatic rings. The second kappa shape index (κ2) is 7.09. The Hall–Kier alpha value is -1.82. The zero-order chi connectivity index (χ0) is 15.3. The lowest BCUT2D eigenvalue weighted by Crippen LogP contribution is -2.40. The first kappa shape index (κ1) is 16.2. The van der Waals surface area contributed by atoms with Gasteiger partial charge in [0.05, 0.1) is 5.25 Å². The van der Waals surface area contributed by atoms with Gasteiger partial charge in [-0.3, -0.25) is 14.4 Å². The topological polar surface area (TPSA) is 74.7 Å². The van der Waals surface area contributed by atoms with Gasteiger partial charge in [-0.1, -0.05) is 29.5 Å². The van der Waals surface area contributed by atoms with Crippen LogP contribution in [-0.2, 0) is 14.4 Å². The van der Waals surface area contributed by atoms with E-state index >= 15 is 0 Å². The smallest absolute Gasteiger partial charge is 0.323 e. The molecule has 0 fully saturated rings. The summed E-state index contributed by atoms with van der Waals surface area (Å²) in [7, 11) is 0. The number of aryl methyl sites for hydroxylation is 1. The average Bonchev–Trinajstić information content (AvgIpc) is 2.35. The van der Waals surface area contributed by atoms with Gasteiger partial charge in [-0.15, -0.1) is 0 Å². The van der Waals surface area contributed by atoms with E-state index in [9.17, 15) is 14.4 Å². The summed E-state index contributed by atoms with van der Waals surface area (Å²) in [6, 6.07) is 7.00. The fourth-order valence-corrected chi connectivity index (χ4v) is 2.40. The third kappa shape index (κ3) is 4.70. The SMILES string of the molecule is CC(=O)SC(C)C(=O)N(CC(=O)O)c1ccc(C)cc1. The van der Waals surface area contributed by atoms with Crippen molar-refractivity contribution in [3.63, 3.8) is 0 Å². The van der Waals surface area contributed by atoms with E-state index in [-0.39, 0.29) is 5.12 Å². The molecule has 1 unspecified atom stereocenters. The average molecular weight is 295 g/mol. The lowest BCUT2D eigenvalue weighted by Gasteiger charge is -2.23. The van der Waals surface area contributed by atoms with E-state index in [0.717, 1.165) is 17.3 Å². The number of amides is 1. The van der Waals surface area contributed by atoms with Gasteiger partial charge in [-0.05, 0) is 26.0 Å². The lowest BCUT2D eigenvalue weighted by molar-refractivity contribution is -0.136. The van der Waals surface area contributed by atoms with Crippen LogP contribution in [-0.4, -0.2) is 33.9 Å². The number of thioether (sulfide) groups is 1. The lowest BCUT2D eigenvalue weighted by atomic mass is 10.2. The molecule has 0 spiro atoms. The Morgan fingerprint density at radius 1 is 1.25 bits per heavy atom. The summed E-state index contributed by atoms with van der Waals surface area (Å²) < 4.78 is 0. The van der Waals surface area contributed by atoms with Crippen LogP contribution >= 0.6 is 11.8 Å². The molecule has 1 atom stereocenters. The second-order valence-electron chi connectivity index (χ2n) is 4.41. The molecule has 0 aromatic heterocycles. The standard InChI is InChI=1S/C14H17NO4S/c1-9-4-6-12(7-5-9)15(8-13(17)18)14(19)10(2)20-11(3)16/h4-7,10H,8H2,1-3H3,(H,17,18). The molecule has 1 aromatic carbocycles. The fourth-order valence-electron chi connectivity index (χ4n) is 1.68. The molecule has 5 nitrogen and oxygen atoms in total. The summed E-state index contributed by atoms with van der Waals surface area (Å²) in [5, 5.41) is 8.15. The van der Waals surface area contributed by atoms with Crippen molar-refractivity contribution in [3.8, 4) is 0 Å². The minimum absolute atomic E-state index is 0.176. The molecular formula is C14H17NO4S. The first-order chi connectivity index (χ1) is 9.31. The number of rotatable bonds is 5. The van der Waals surface area contributed by atoms with Crippen molar-refractivity contribution >= 4 is 34.4 Å². The van der Waals surface area contributed by atoms with Crippen LogP contribution in [0, 0.1) is 6.92 Å². The Morgan fingerprint density at radius 3 is 2.25 bits per heavy atom. The number of anilines is 1. The van der Waals surface area contributed by atoms with Gasteiger partial charge in [0.2, 0.25) is 5.91 Å². The summed E-state index contributed by atoms with van der Waals surface area (Å²) >= 11 is 0.893. The highest BCUT2D eigenvalue weighted by molar-refractivity contribution is 8.14. The van der Waals surface area contributed by atoms with Gasteiger partial charge in [0.15, 0.2) is 5.12 Å². The number of carbonyl (C=O) groups excluding carboxylic acids is 2. The van der Waals surface area contributed by atoms with Crippen LogP contribution in [0.4, 0.5) is 5.69 Å². The Bertz CT molecular complexity index is 512. The highest BCUT2D eigenvalue weighted by atomic mass is 32.2. The Labute approximate surface area is 122 Å². The van der Waals surface area contributed by atoms with Crippen LogP contribution in [0.25, 0.3) is 0 Å². The Morgan fingerprint density at radius 2 is 1.80 bits per heavy atom. The minimum atomic E-state index is -1.10. The van der Waals surface area contributed by atoms with E-state index in [0.29, 0.717) is 5.69 Å². The fraction of sp³-hybridized carbons (Fsp3) is 0.357. The van der Waals surface area contributed by atoms with E-state index < -0.39 is 23.7 Å². The summed E-state index contributed by atoms with van der Waals surface area (Å²) in [6.45, 7) is 4.45. The molecule has 20 heavy (non-hydrogen) atoms.